The lowest BCUT2D eigenvalue weighted by molar-refractivity contribution is -0.180. The van der Waals surface area contributed by atoms with Crippen LogP contribution in [-0.2, 0) is 20.9 Å². The summed E-state index contributed by atoms with van der Waals surface area (Å²) in [5.74, 6) is 6.08. The zero-order valence-corrected chi connectivity index (χ0v) is 23.3. The second-order valence-electron chi connectivity index (χ2n) is 10.4. The molecule has 40 heavy (non-hydrogen) atoms. The van der Waals surface area contributed by atoms with Crippen molar-refractivity contribution in [3.8, 4) is 17.6 Å². The summed E-state index contributed by atoms with van der Waals surface area (Å²) in [5, 5.41) is 16.4. The first-order valence-electron chi connectivity index (χ1n) is 13.9. The van der Waals surface area contributed by atoms with Gasteiger partial charge in [0.1, 0.15) is 5.75 Å². The number of urea groups is 1. The Kier molecular flexibility index (Phi) is 10.6. The van der Waals surface area contributed by atoms with Gasteiger partial charge in [0, 0.05) is 44.5 Å². The van der Waals surface area contributed by atoms with E-state index >= 15 is 0 Å². The van der Waals surface area contributed by atoms with E-state index in [0.29, 0.717) is 38.5 Å². The molecule has 2 heterocycles. The number of nitrogens with one attached hydrogen (secondary N) is 2. The first-order valence-corrected chi connectivity index (χ1v) is 13.9. The lowest BCUT2D eigenvalue weighted by Crippen LogP contribution is -2.35. The maximum absolute atomic E-state index is 11.9. The minimum atomic E-state index is -0.620. The largest absolute Gasteiger partial charge is 0.463 e. The number of hydrogen-bond donors (Lipinski definition) is 3. The van der Waals surface area contributed by atoms with Crippen LogP contribution < -0.4 is 20.3 Å². The lowest BCUT2D eigenvalue weighted by atomic mass is 10.0. The summed E-state index contributed by atoms with van der Waals surface area (Å²) >= 11 is 0. The zero-order valence-electron chi connectivity index (χ0n) is 23.3. The highest BCUT2D eigenvalue weighted by Crippen LogP contribution is 2.32. The molecule has 2 aromatic carbocycles. The topological polar surface area (TPSA) is 109 Å². The quantitative estimate of drug-likeness (QED) is 0.197. The molecule has 0 unspecified atom stereocenters. The molecule has 0 saturated carbocycles. The standard InChI is InChI=1S/C31H39N3O6/c1-31(2)39-22-25-19-24(13-14-28(25)40-31)27(35)20-32-15-6-3-4-7-16-38-17-8-5-10-23-11-9-12-26(18-23)34-29(36)21-33-30(34)37/h9,11-14,18-19,27,32,35H,3-4,6-8,15-17,20-22H2,1-2H3,(H,33,37)/t27-/m1/s1. The molecule has 0 spiro atoms. The number of hydrogen-bond acceptors (Lipinski definition) is 7. The second-order valence-corrected chi connectivity index (χ2v) is 10.4. The van der Waals surface area contributed by atoms with E-state index in [9.17, 15) is 14.7 Å². The number of imide groups is 1. The summed E-state index contributed by atoms with van der Waals surface area (Å²) in [7, 11) is 0. The first kappa shape index (κ1) is 29.6. The van der Waals surface area contributed by atoms with Crippen molar-refractivity contribution in [2.45, 2.75) is 64.4 Å². The summed E-state index contributed by atoms with van der Waals surface area (Å²) < 4.78 is 17.2. The number of carbonyl (C=O) groups excluding carboxylic acids is 2. The third kappa shape index (κ3) is 8.54. The average molecular weight is 550 g/mol. The fourth-order valence-electron chi connectivity index (χ4n) is 4.53. The molecule has 2 aromatic rings. The Morgan fingerprint density at radius 1 is 1.12 bits per heavy atom. The van der Waals surface area contributed by atoms with Crippen molar-refractivity contribution < 1.29 is 28.9 Å². The Balaban J connectivity index is 1.01. The van der Waals surface area contributed by atoms with Gasteiger partial charge in [0.25, 0.3) is 5.91 Å². The molecule has 214 valence electrons. The summed E-state index contributed by atoms with van der Waals surface area (Å²) in [6, 6.07) is 12.5. The van der Waals surface area contributed by atoms with Gasteiger partial charge >= 0.3 is 6.03 Å². The lowest BCUT2D eigenvalue weighted by Gasteiger charge is -2.33. The molecular formula is C31H39N3O6. The number of benzene rings is 2. The van der Waals surface area contributed by atoms with Gasteiger partial charge < -0.3 is 30.0 Å². The highest BCUT2D eigenvalue weighted by Gasteiger charge is 2.30. The highest BCUT2D eigenvalue weighted by molar-refractivity contribution is 6.19. The van der Waals surface area contributed by atoms with Gasteiger partial charge in [-0.1, -0.05) is 36.8 Å². The molecule has 1 saturated heterocycles. The van der Waals surface area contributed by atoms with Gasteiger partial charge in [-0.25, -0.2) is 9.69 Å². The van der Waals surface area contributed by atoms with E-state index in [4.69, 9.17) is 14.2 Å². The number of aliphatic hydroxyl groups excluding tert-OH is 1. The van der Waals surface area contributed by atoms with Crippen molar-refractivity contribution in [3.63, 3.8) is 0 Å². The van der Waals surface area contributed by atoms with Crippen LogP contribution in [0.1, 0.15) is 68.7 Å². The minimum absolute atomic E-state index is 0.0234. The number of anilines is 1. The van der Waals surface area contributed by atoms with E-state index in [2.05, 4.69) is 22.5 Å². The van der Waals surface area contributed by atoms with E-state index in [-0.39, 0.29) is 12.5 Å². The van der Waals surface area contributed by atoms with Crippen molar-refractivity contribution in [1.29, 1.82) is 0 Å². The number of aliphatic hydroxyl groups is 1. The maximum Gasteiger partial charge on any atom is 0.329 e. The SMILES string of the molecule is CC1(C)OCc2cc([C@H](O)CNCCCCCCOCCC#Cc3cccc(N4C(=O)CNC4=O)c3)ccc2O1. The number of carbonyl (C=O) groups is 2. The van der Waals surface area contributed by atoms with E-state index in [1.165, 1.54) is 0 Å². The molecule has 9 nitrogen and oxygen atoms in total. The Morgan fingerprint density at radius 2 is 1.98 bits per heavy atom. The molecule has 4 rings (SSSR count). The molecule has 0 aromatic heterocycles. The summed E-state index contributed by atoms with van der Waals surface area (Å²) in [6.07, 6.45) is 4.28. The molecule has 0 bridgehead atoms. The molecule has 2 aliphatic heterocycles. The third-order valence-electron chi connectivity index (χ3n) is 6.68. The van der Waals surface area contributed by atoms with Gasteiger partial charge in [0.05, 0.1) is 31.5 Å². The van der Waals surface area contributed by atoms with Crippen LogP contribution in [0.2, 0.25) is 0 Å². The first-order chi connectivity index (χ1) is 19.3. The predicted molar refractivity (Wildman–Crippen MR) is 152 cm³/mol. The summed E-state index contributed by atoms with van der Waals surface area (Å²) in [4.78, 5) is 24.8. The number of amides is 3. The Hall–Kier alpha value is -3.42. The van der Waals surface area contributed by atoms with Crippen LogP contribution in [0, 0.1) is 11.8 Å². The molecule has 3 N–H and O–H groups in total. The van der Waals surface area contributed by atoms with Crippen molar-refractivity contribution in [1.82, 2.24) is 10.6 Å². The van der Waals surface area contributed by atoms with Gasteiger partial charge in [-0.15, -0.1) is 0 Å². The van der Waals surface area contributed by atoms with E-state index in [1.807, 2.05) is 38.1 Å². The minimum Gasteiger partial charge on any atom is -0.463 e. The van der Waals surface area contributed by atoms with Crippen molar-refractivity contribution in [2.75, 3.05) is 37.7 Å². The Morgan fingerprint density at radius 3 is 2.80 bits per heavy atom. The van der Waals surface area contributed by atoms with Crippen molar-refractivity contribution in [3.05, 3.63) is 59.2 Å². The molecule has 0 aliphatic carbocycles. The molecule has 1 fully saturated rings. The van der Waals surface area contributed by atoms with Crippen LogP contribution in [-0.4, -0.2) is 55.7 Å². The van der Waals surface area contributed by atoms with Crippen LogP contribution in [0.5, 0.6) is 5.75 Å². The highest BCUT2D eigenvalue weighted by atomic mass is 16.7. The van der Waals surface area contributed by atoms with Crippen LogP contribution in [0.3, 0.4) is 0 Å². The maximum atomic E-state index is 11.9. The van der Waals surface area contributed by atoms with Gasteiger partial charge in [-0.05, 0) is 55.3 Å². The molecule has 2 aliphatic rings. The molecular weight excluding hydrogens is 510 g/mol. The normalized spacial score (nSPS) is 16.5. The van der Waals surface area contributed by atoms with Crippen molar-refractivity contribution >= 4 is 17.6 Å². The van der Waals surface area contributed by atoms with Crippen LogP contribution in [0.25, 0.3) is 0 Å². The number of rotatable bonds is 13. The Bertz CT molecular complexity index is 1220. The monoisotopic (exact) mass is 549 g/mol. The van der Waals surface area contributed by atoms with Crippen LogP contribution >= 0.6 is 0 Å². The van der Waals surface area contributed by atoms with Gasteiger partial charge in [0.2, 0.25) is 5.79 Å². The van der Waals surface area contributed by atoms with Gasteiger partial charge in [-0.3, -0.25) is 4.79 Å². The second kappa shape index (κ2) is 14.3. The Labute approximate surface area is 236 Å². The van der Waals surface area contributed by atoms with E-state index in [1.54, 1.807) is 18.2 Å². The predicted octanol–water partition coefficient (Wildman–Crippen LogP) is 4.03. The van der Waals surface area contributed by atoms with E-state index < -0.39 is 17.9 Å². The van der Waals surface area contributed by atoms with Crippen LogP contribution in [0.15, 0.2) is 42.5 Å². The van der Waals surface area contributed by atoms with Crippen molar-refractivity contribution in [2.24, 2.45) is 0 Å². The summed E-state index contributed by atoms with van der Waals surface area (Å²) in [5.41, 5.74) is 3.10. The smallest absolute Gasteiger partial charge is 0.329 e. The molecule has 3 amide bonds. The fourth-order valence-corrected chi connectivity index (χ4v) is 4.53. The zero-order chi connectivity index (χ0) is 28.4. The fraction of sp³-hybridized carbons (Fsp3) is 0.484. The number of ether oxygens (including phenoxy) is 3. The molecule has 0 radical (unpaired) electrons. The number of fused-ring (bicyclic) bond motifs is 1. The molecule has 9 heteroatoms. The summed E-state index contributed by atoms with van der Waals surface area (Å²) in [6.45, 7) is 6.92. The van der Waals surface area contributed by atoms with Gasteiger partial charge in [0.15, 0.2) is 0 Å². The molecule has 1 atom stereocenters. The number of unbranched alkanes of at least 4 members (excludes halogenated alkanes) is 3. The van der Waals surface area contributed by atoms with Crippen LogP contribution in [0.4, 0.5) is 10.5 Å². The van der Waals surface area contributed by atoms with Gasteiger partial charge in [-0.2, -0.15) is 0 Å². The van der Waals surface area contributed by atoms with E-state index in [0.717, 1.165) is 59.6 Å². The average Bonchev–Trinajstić information content (AvgIpc) is 3.28. The number of nitrogens with zero attached hydrogens (tertiary/aromatic N) is 1. The third-order valence-corrected chi connectivity index (χ3v) is 6.68.